The molecule has 0 radical (unpaired) electrons. The number of benzene rings is 8. The van der Waals surface area contributed by atoms with Crippen molar-refractivity contribution in [1.82, 2.24) is 15.2 Å². The van der Waals surface area contributed by atoms with Gasteiger partial charge in [-0.1, -0.05) is 211 Å². The summed E-state index contributed by atoms with van der Waals surface area (Å²) >= 11 is 5.62. The summed E-state index contributed by atoms with van der Waals surface area (Å²) in [6, 6.07) is 74.7. The molecule has 0 bridgehead atoms. The second-order valence-corrected chi connectivity index (χ2v) is 24.1. The zero-order chi connectivity index (χ0) is 57.5. The van der Waals surface area contributed by atoms with Gasteiger partial charge in [0.15, 0.2) is 16.3 Å². The highest BCUT2D eigenvalue weighted by molar-refractivity contribution is 8.02. The molecular weight excluding hydrogens is 1130 g/mol. The minimum atomic E-state index is -1.39. The Labute approximate surface area is 501 Å². The van der Waals surface area contributed by atoms with E-state index in [2.05, 4.69) is 47.0 Å². The molecule has 10 aromatic rings. The number of carbonyl (C=O) groups is 3. The molecule has 1 saturated heterocycles. The van der Waals surface area contributed by atoms with E-state index in [0.717, 1.165) is 47.9 Å². The molecule has 4 heterocycles. The third-order valence-corrected chi connectivity index (χ3v) is 19.2. The molecule has 0 saturated carbocycles. The van der Waals surface area contributed by atoms with Gasteiger partial charge in [-0.05, 0) is 52.1 Å². The molecule has 0 aliphatic carbocycles. The number of thiazole rings is 1. The minimum Gasteiger partial charge on any atom is -0.497 e. The molecule has 2 N–H and O–H groups in total. The van der Waals surface area contributed by atoms with Crippen LogP contribution < -0.4 is 20.8 Å². The SMILES string of the molecule is COc1ccc(COC(=O)C2=C(CSc3cc(=O)c4ccccc4s3)CS[C@@H]3C(NC(=O)/C(=N\OC(c4ccccc4)(c4ccccc4)c4ccccc4)c4csc(NC(c5ccccc5)(c5ccccc5)c5ccccc5)n4)C(=O)N23)cc1. The molecular formula is C68H53N5O7S4. The number of nitrogens with one attached hydrogen (secondary N) is 2. The van der Waals surface area contributed by atoms with Gasteiger partial charge < -0.3 is 24.9 Å². The summed E-state index contributed by atoms with van der Waals surface area (Å²) < 4.78 is 12.9. The van der Waals surface area contributed by atoms with Gasteiger partial charge in [0.25, 0.3) is 11.8 Å². The monoisotopic (exact) mass is 1180 g/mol. The molecule has 1 unspecified atom stereocenters. The van der Waals surface area contributed by atoms with Crippen molar-refractivity contribution in [2.45, 2.75) is 33.4 Å². The van der Waals surface area contributed by atoms with Crippen LogP contribution in [0.4, 0.5) is 5.13 Å². The summed E-state index contributed by atoms with van der Waals surface area (Å²) in [6.45, 7) is -0.0665. The highest BCUT2D eigenvalue weighted by atomic mass is 32.2. The molecule has 2 atom stereocenters. The Balaban J connectivity index is 0.917. The van der Waals surface area contributed by atoms with Gasteiger partial charge in [-0.3, -0.25) is 19.3 Å². The number of fused-ring (bicyclic) bond motifs is 2. The van der Waals surface area contributed by atoms with E-state index in [1.165, 1.54) is 51.1 Å². The Kier molecular flexibility index (Phi) is 16.4. The Bertz CT molecular complexity index is 3900. The summed E-state index contributed by atoms with van der Waals surface area (Å²) in [7, 11) is 1.58. The molecule has 2 aromatic heterocycles. The summed E-state index contributed by atoms with van der Waals surface area (Å²) in [4.78, 5) is 71.7. The first-order valence-electron chi connectivity index (χ1n) is 27.0. The average molecular weight is 1180 g/mol. The lowest BCUT2D eigenvalue weighted by molar-refractivity contribution is -0.153. The number of ether oxygens (including phenoxy) is 2. The van der Waals surface area contributed by atoms with Crippen LogP contribution in [0.1, 0.15) is 44.6 Å². The number of methoxy groups -OCH3 is 1. The van der Waals surface area contributed by atoms with Crippen LogP contribution in [0.25, 0.3) is 10.1 Å². The highest BCUT2D eigenvalue weighted by Gasteiger charge is 2.55. The zero-order valence-corrected chi connectivity index (χ0v) is 48.5. The maximum atomic E-state index is 15.5. The smallest absolute Gasteiger partial charge is 0.355 e. The normalized spacial score (nSPS) is 15.2. The Morgan fingerprint density at radius 3 is 1.75 bits per heavy atom. The molecule has 16 heteroatoms. The van der Waals surface area contributed by atoms with E-state index in [-0.39, 0.29) is 29.1 Å². The first-order valence-corrected chi connectivity index (χ1v) is 30.7. The molecule has 1 fully saturated rings. The van der Waals surface area contributed by atoms with Crippen molar-refractivity contribution in [3.8, 4) is 5.75 Å². The Hall–Kier alpha value is -9.06. The predicted molar refractivity (Wildman–Crippen MR) is 335 cm³/mol. The van der Waals surface area contributed by atoms with Crippen LogP contribution >= 0.6 is 46.2 Å². The number of aromatic nitrogens is 1. The molecule has 416 valence electrons. The molecule has 84 heavy (non-hydrogen) atoms. The quantitative estimate of drug-likeness (QED) is 0.0188. The van der Waals surface area contributed by atoms with Gasteiger partial charge in [0.05, 0.1) is 11.3 Å². The summed E-state index contributed by atoms with van der Waals surface area (Å²) in [5.41, 5.74) is 4.14. The van der Waals surface area contributed by atoms with E-state index < -0.39 is 40.3 Å². The summed E-state index contributed by atoms with van der Waals surface area (Å²) in [6.07, 6.45) is 0. The van der Waals surface area contributed by atoms with Crippen LogP contribution in [0.5, 0.6) is 5.75 Å². The van der Waals surface area contributed by atoms with E-state index in [9.17, 15) is 14.4 Å². The molecule has 2 aliphatic rings. The largest absolute Gasteiger partial charge is 0.497 e. The van der Waals surface area contributed by atoms with E-state index in [1.807, 2.05) is 164 Å². The number of hydrogen-bond donors (Lipinski definition) is 2. The summed E-state index contributed by atoms with van der Waals surface area (Å²) in [5.74, 6) is -0.654. The number of hydrogen-bond acceptors (Lipinski definition) is 14. The van der Waals surface area contributed by atoms with Gasteiger partial charge in [0.2, 0.25) is 5.60 Å². The number of amides is 2. The van der Waals surface area contributed by atoms with Crippen molar-refractivity contribution >= 4 is 84.9 Å². The van der Waals surface area contributed by atoms with Crippen molar-refractivity contribution in [3.63, 3.8) is 0 Å². The molecule has 8 aromatic carbocycles. The molecule has 12 rings (SSSR count). The number of carbonyl (C=O) groups excluding carboxylic acids is 3. The third kappa shape index (κ3) is 11.0. The number of esters is 1. The second-order valence-electron chi connectivity index (χ2n) is 19.8. The maximum Gasteiger partial charge on any atom is 0.355 e. The molecule has 2 amide bonds. The van der Waals surface area contributed by atoms with Crippen molar-refractivity contribution in [2.24, 2.45) is 5.16 Å². The maximum absolute atomic E-state index is 15.5. The van der Waals surface area contributed by atoms with Gasteiger partial charge in [-0.25, -0.2) is 9.78 Å². The predicted octanol–water partition coefficient (Wildman–Crippen LogP) is 13.0. The van der Waals surface area contributed by atoms with Gasteiger partial charge in [0, 0.05) is 49.7 Å². The average Bonchev–Trinajstić information content (AvgIpc) is 3.45. The van der Waals surface area contributed by atoms with E-state index >= 15 is 4.79 Å². The summed E-state index contributed by atoms with van der Waals surface area (Å²) in [5, 5.41) is 13.9. The number of nitrogens with zero attached hydrogens (tertiary/aromatic N) is 3. The zero-order valence-electron chi connectivity index (χ0n) is 45.2. The minimum absolute atomic E-state index is 0.0665. The van der Waals surface area contributed by atoms with E-state index in [0.29, 0.717) is 33.3 Å². The third-order valence-electron chi connectivity index (χ3n) is 14.7. The lowest BCUT2D eigenvalue weighted by Crippen LogP contribution is -2.71. The fraction of sp³-hybridized carbons (Fsp3) is 0.118. The van der Waals surface area contributed by atoms with Crippen LogP contribution in [-0.4, -0.2) is 63.4 Å². The molecule has 12 nitrogen and oxygen atoms in total. The van der Waals surface area contributed by atoms with Crippen molar-refractivity contribution in [2.75, 3.05) is 23.9 Å². The number of anilines is 1. The van der Waals surface area contributed by atoms with Gasteiger partial charge in [0.1, 0.15) is 40.7 Å². The van der Waals surface area contributed by atoms with E-state index in [1.54, 1.807) is 48.9 Å². The highest BCUT2D eigenvalue weighted by Crippen LogP contribution is 2.45. The topological polar surface area (TPSA) is 149 Å². The first kappa shape index (κ1) is 55.5. The van der Waals surface area contributed by atoms with E-state index in [4.69, 9.17) is 24.5 Å². The Morgan fingerprint density at radius 2 is 1.20 bits per heavy atom. The van der Waals surface area contributed by atoms with Crippen LogP contribution in [0, 0.1) is 0 Å². The van der Waals surface area contributed by atoms with Crippen LogP contribution in [0.15, 0.2) is 267 Å². The first-order chi connectivity index (χ1) is 41.2. The fourth-order valence-electron chi connectivity index (χ4n) is 10.6. The van der Waals surface area contributed by atoms with Gasteiger partial charge in [-0.15, -0.1) is 46.2 Å². The van der Waals surface area contributed by atoms with Crippen molar-refractivity contribution in [1.29, 1.82) is 0 Å². The van der Waals surface area contributed by atoms with Crippen LogP contribution in [0.3, 0.4) is 0 Å². The van der Waals surface area contributed by atoms with Crippen LogP contribution in [-0.2, 0) is 41.7 Å². The molecule has 0 spiro atoms. The lowest BCUT2D eigenvalue weighted by atomic mass is 9.77. The number of β-lactam (4-membered cyclic amide) rings is 1. The fourth-order valence-corrected chi connectivity index (χ4v) is 15.1. The van der Waals surface area contributed by atoms with Crippen LogP contribution in [0.2, 0.25) is 0 Å². The number of oxime groups is 1. The lowest BCUT2D eigenvalue weighted by Gasteiger charge is -2.49. The Morgan fingerprint density at radius 1 is 0.679 bits per heavy atom. The van der Waals surface area contributed by atoms with Gasteiger partial charge in [-0.2, -0.15) is 0 Å². The van der Waals surface area contributed by atoms with Crippen molar-refractivity contribution < 1.29 is 28.7 Å². The molecule has 2 aliphatic heterocycles. The number of thioether (sulfide) groups is 2. The van der Waals surface area contributed by atoms with Gasteiger partial charge >= 0.3 is 5.97 Å². The number of rotatable bonds is 20. The standard InChI is InChI=1S/C68H53N5O7S4/c1-78-53-38-36-45(37-39-53)41-79-65(77)61-46(42-81-58-40-56(74)54-34-20-21-35-57(54)84-58)43-82-64-60(63(76)73(61)64)70-62(75)59(72-80-68(50-28-14-5-15-29-50,51-30-16-6-17-31-51)52-32-18-7-19-33-52)55-44-83-66(69-55)71-67(47-22-8-2-9-23-47,48-24-10-3-11-25-48)49-26-12-4-13-27-49/h2-40,44,60,64H,41-43H2,1H3,(H,69,71)(H,70,75)/b72-59-/t60?,64-/m1/s1. The second kappa shape index (κ2) is 24.8. The van der Waals surface area contributed by atoms with Crippen molar-refractivity contribution in [3.05, 3.63) is 308 Å².